The number of carbonyl (C=O) groups excluding carboxylic acids is 6. The number of nitrogens with one attached hydrogen (secondary N) is 2. The molecule has 5 rings (SSSR count). The van der Waals surface area contributed by atoms with E-state index in [0.29, 0.717) is 44.4 Å². The van der Waals surface area contributed by atoms with E-state index < -0.39 is 48.1 Å². The van der Waals surface area contributed by atoms with Crippen molar-refractivity contribution in [1.82, 2.24) is 25.3 Å². The van der Waals surface area contributed by atoms with Gasteiger partial charge < -0.3 is 28.7 Å². The van der Waals surface area contributed by atoms with E-state index in [9.17, 15) is 28.8 Å². The zero-order valence-corrected chi connectivity index (χ0v) is 34.9. The highest BCUT2D eigenvalue weighted by Gasteiger charge is 2.56. The van der Waals surface area contributed by atoms with Gasteiger partial charge in [-0.2, -0.15) is 0 Å². The smallest absolute Gasteiger partial charge is 0.413 e. The van der Waals surface area contributed by atoms with Gasteiger partial charge in [0.1, 0.15) is 0 Å². The standard InChI is InChI=1S/C42H68N6O10/c1-30(2)26-58-42(54)47-23-13-22-46(24-25-47)41(53)48-35(37(50)55-27-31-14-6-3-7-15-31)34(36(48)49)20-12-21-43-38(44-39(51)56-28-32-16-8-4-9-17-32)45-40(52)57-29-33-18-10-5-11-19-33/h30-35H,3-29H2,1-2H3,(H2,43,44,45,51,52)/t34-,35?/m1/s1. The summed E-state index contributed by atoms with van der Waals surface area (Å²) in [4.78, 5) is 88.1. The second kappa shape index (κ2) is 23.5. The van der Waals surface area contributed by atoms with E-state index >= 15 is 0 Å². The Labute approximate surface area is 343 Å². The average Bonchev–Trinajstić information content (AvgIpc) is 3.50. The molecule has 58 heavy (non-hydrogen) atoms. The molecule has 0 aromatic heterocycles. The van der Waals surface area contributed by atoms with Crippen LogP contribution in [0.3, 0.4) is 0 Å². The summed E-state index contributed by atoms with van der Waals surface area (Å²) < 4.78 is 22.2. The number of guanidine groups is 1. The summed E-state index contributed by atoms with van der Waals surface area (Å²) in [6.07, 6.45) is 15.2. The molecule has 16 heteroatoms. The molecule has 3 aliphatic carbocycles. The van der Waals surface area contributed by atoms with Crippen LogP contribution in [0.5, 0.6) is 0 Å². The highest BCUT2D eigenvalue weighted by molar-refractivity contribution is 6.08. The first-order valence-electron chi connectivity index (χ1n) is 22.2. The maximum absolute atomic E-state index is 13.9. The fourth-order valence-electron chi connectivity index (χ4n) is 8.70. The van der Waals surface area contributed by atoms with Crippen LogP contribution >= 0.6 is 0 Å². The molecule has 0 spiro atoms. The van der Waals surface area contributed by atoms with Crippen molar-refractivity contribution in [2.75, 3.05) is 59.2 Å². The molecule has 326 valence electrons. The summed E-state index contributed by atoms with van der Waals surface area (Å²) in [5.74, 6) is -0.964. The van der Waals surface area contributed by atoms with Crippen LogP contribution in [0.4, 0.5) is 19.2 Å². The number of aliphatic imine (C=N–C) groups is 1. The van der Waals surface area contributed by atoms with Gasteiger partial charge in [0.15, 0.2) is 6.04 Å². The zero-order chi connectivity index (χ0) is 41.3. The molecule has 3 saturated carbocycles. The normalized spacial score (nSPS) is 22.3. The lowest BCUT2D eigenvalue weighted by atomic mass is 9.83. The van der Waals surface area contributed by atoms with Crippen molar-refractivity contribution in [3.05, 3.63) is 0 Å². The molecule has 2 atom stereocenters. The van der Waals surface area contributed by atoms with Crippen LogP contribution < -0.4 is 10.6 Å². The van der Waals surface area contributed by atoms with Crippen LogP contribution in [0.15, 0.2) is 4.99 Å². The number of imide groups is 1. The Morgan fingerprint density at radius 3 is 1.69 bits per heavy atom. The van der Waals surface area contributed by atoms with Gasteiger partial charge in [0, 0.05) is 32.7 Å². The molecule has 0 bridgehead atoms. The number of ether oxygens (including phenoxy) is 4. The van der Waals surface area contributed by atoms with E-state index in [1.807, 2.05) is 13.8 Å². The van der Waals surface area contributed by atoms with Crippen molar-refractivity contribution < 1.29 is 47.7 Å². The van der Waals surface area contributed by atoms with Crippen LogP contribution in [0.2, 0.25) is 0 Å². The average molecular weight is 817 g/mol. The van der Waals surface area contributed by atoms with E-state index in [1.165, 1.54) is 17.7 Å². The van der Waals surface area contributed by atoms with E-state index in [1.54, 1.807) is 4.90 Å². The lowest BCUT2D eigenvalue weighted by Gasteiger charge is -2.45. The van der Waals surface area contributed by atoms with Crippen LogP contribution in [0, 0.1) is 29.6 Å². The van der Waals surface area contributed by atoms with Crippen LogP contribution in [0.1, 0.15) is 129 Å². The van der Waals surface area contributed by atoms with Gasteiger partial charge in [0.05, 0.1) is 32.3 Å². The highest BCUT2D eigenvalue weighted by Crippen LogP contribution is 2.34. The topological polar surface area (TPSA) is 185 Å². The molecular formula is C42H68N6O10. The number of likely N-dealkylation sites (tertiary alicyclic amines) is 1. The lowest BCUT2D eigenvalue weighted by molar-refractivity contribution is -0.171. The van der Waals surface area contributed by atoms with Crippen molar-refractivity contribution in [2.45, 2.75) is 135 Å². The number of β-lactam (4-membered cyclic amide) rings is 1. The van der Waals surface area contributed by atoms with Gasteiger partial charge in [0.2, 0.25) is 11.9 Å². The molecule has 2 heterocycles. The number of amides is 6. The molecule has 16 nitrogen and oxygen atoms in total. The SMILES string of the molecule is CC(C)COC(=O)N1CCCN(C(=O)N2C(=O)[C@H](CCCN=C(NC(=O)OCC3CCCCC3)NC(=O)OCC3CCCCC3)C2C(=O)OCC2CCCCC2)CC1. The molecule has 2 saturated heterocycles. The maximum atomic E-state index is 13.9. The fourth-order valence-corrected chi connectivity index (χ4v) is 8.70. The second-order valence-corrected chi connectivity index (χ2v) is 17.3. The van der Waals surface area contributed by atoms with Gasteiger partial charge in [0.25, 0.3) is 0 Å². The van der Waals surface area contributed by atoms with E-state index in [0.717, 1.165) is 88.4 Å². The first kappa shape index (κ1) is 45.0. The zero-order valence-electron chi connectivity index (χ0n) is 34.9. The molecule has 0 aromatic carbocycles. The van der Waals surface area contributed by atoms with E-state index in [2.05, 4.69) is 15.6 Å². The Kier molecular flexibility index (Phi) is 18.2. The minimum absolute atomic E-state index is 0.0948. The van der Waals surface area contributed by atoms with E-state index in [-0.39, 0.29) is 63.7 Å². The summed E-state index contributed by atoms with van der Waals surface area (Å²) in [5, 5.41) is 5.11. The summed E-state index contributed by atoms with van der Waals surface area (Å²) in [5.41, 5.74) is 0. The van der Waals surface area contributed by atoms with Crippen molar-refractivity contribution >= 4 is 42.1 Å². The number of urea groups is 1. The number of hydrogen-bond donors (Lipinski definition) is 2. The van der Waals surface area contributed by atoms with Crippen LogP contribution in [-0.4, -0.2) is 122 Å². The van der Waals surface area contributed by atoms with Crippen LogP contribution in [-0.2, 0) is 28.5 Å². The minimum Gasteiger partial charge on any atom is -0.464 e. The molecule has 6 amide bonds. The quantitative estimate of drug-likeness (QED) is 0.0512. The maximum Gasteiger partial charge on any atom is 0.413 e. The number of hydrogen-bond acceptors (Lipinski definition) is 11. The third kappa shape index (κ3) is 14.0. The molecule has 1 unspecified atom stereocenters. The molecule has 0 radical (unpaired) electrons. The Balaban J connectivity index is 1.19. The molecule has 0 aromatic rings. The van der Waals surface area contributed by atoms with Gasteiger partial charge >= 0.3 is 30.3 Å². The third-order valence-corrected chi connectivity index (χ3v) is 12.1. The monoisotopic (exact) mass is 816 g/mol. The summed E-state index contributed by atoms with van der Waals surface area (Å²) >= 11 is 0. The molecular weight excluding hydrogens is 748 g/mol. The predicted molar refractivity (Wildman–Crippen MR) is 215 cm³/mol. The third-order valence-electron chi connectivity index (χ3n) is 12.1. The summed E-state index contributed by atoms with van der Waals surface area (Å²) in [7, 11) is 0. The van der Waals surface area contributed by atoms with Gasteiger partial charge in [-0.25, -0.2) is 28.9 Å². The Morgan fingerprint density at radius 1 is 0.655 bits per heavy atom. The van der Waals surface area contributed by atoms with Gasteiger partial charge in [-0.1, -0.05) is 71.6 Å². The van der Waals surface area contributed by atoms with Crippen molar-refractivity contribution in [3.63, 3.8) is 0 Å². The first-order valence-corrected chi connectivity index (χ1v) is 22.2. The molecule has 5 fully saturated rings. The number of esters is 1. The van der Waals surface area contributed by atoms with Crippen molar-refractivity contribution in [2.24, 2.45) is 34.6 Å². The summed E-state index contributed by atoms with van der Waals surface area (Å²) in [6, 6.07) is -1.67. The first-order chi connectivity index (χ1) is 28.1. The highest BCUT2D eigenvalue weighted by atomic mass is 16.6. The number of carbonyl (C=O) groups is 6. The van der Waals surface area contributed by atoms with E-state index in [4.69, 9.17) is 18.9 Å². The summed E-state index contributed by atoms with van der Waals surface area (Å²) in [6.45, 7) is 6.27. The molecule has 2 aliphatic heterocycles. The molecule has 5 aliphatic rings. The predicted octanol–water partition coefficient (Wildman–Crippen LogP) is 6.61. The Hall–Kier alpha value is -4.11. The van der Waals surface area contributed by atoms with Crippen LogP contribution in [0.25, 0.3) is 0 Å². The van der Waals surface area contributed by atoms with Gasteiger partial charge in [-0.15, -0.1) is 0 Å². The van der Waals surface area contributed by atoms with Gasteiger partial charge in [-0.3, -0.25) is 20.4 Å². The van der Waals surface area contributed by atoms with Crippen molar-refractivity contribution in [1.29, 1.82) is 0 Å². The molecule has 2 N–H and O–H groups in total. The Bertz CT molecular complexity index is 1370. The fraction of sp³-hybridized carbons (Fsp3) is 0.833. The number of nitrogens with zero attached hydrogens (tertiary/aromatic N) is 4. The minimum atomic E-state index is -1.09. The lowest BCUT2D eigenvalue weighted by Crippen LogP contribution is -2.69. The van der Waals surface area contributed by atoms with Crippen molar-refractivity contribution in [3.8, 4) is 0 Å². The number of alkyl carbamates (subject to hydrolysis) is 2. The van der Waals surface area contributed by atoms with Gasteiger partial charge in [-0.05, 0) is 81.5 Å². The largest absolute Gasteiger partial charge is 0.464 e. The second-order valence-electron chi connectivity index (χ2n) is 17.3. The number of rotatable bonds is 13. The Morgan fingerprint density at radius 2 is 1.16 bits per heavy atom.